The molecule has 0 aromatic heterocycles. The summed E-state index contributed by atoms with van der Waals surface area (Å²) in [5.74, 6) is 1.36. The third kappa shape index (κ3) is 51.7. The molecule has 1 aliphatic rings. The van der Waals surface area contributed by atoms with Crippen molar-refractivity contribution in [2.45, 2.75) is 452 Å². The maximum Gasteiger partial charge on any atom is 0.454 e. The highest BCUT2D eigenvalue weighted by atomic mass is 31.3. The molecular formula is C86H168N9O2P3. The minimum absolute atomic E-state index is 0.459. The van der Waals surface area contributed by atoms with Gasteiger partial charge >= 0.3 is 7.66 Å². The summed E-state index contributed by atoms with van der Waals surface area (Å²) in [6.45, 7) is 13.4. The maximum atomic E-state index is 7.39. The van der Waals surface area contributed by atoms with E-state index in [1.165, 1.54) is 385 Å². The Morgan fingerprint density at radius 2 is 0.400 bits per heavy atom. The second kappa shape index (κ2) is 68.1. The average Bonchev–Trinajstić information content (AvgIpc) is 0.742. The molecule has 0 amide bonds. The Bertz CT molecular complexity index is 2030. The van der Waals surface area contributed by atoms with Gasteiger partial charge < -0.3 is 20.5 Å². The summed E-state index contributed by atoms with van der Waals surface area (Å²) in [6, 6.07) is 16.4. The van der Waals surface area contributed by atoms with Crippen molar-refractivity contribution >= 4 is 22.7 Å². The van der Waals surface area contributed by atoms with Crippen molar-refractivity contribution in [2.75, 3.05) is 26.2 Å². The zero-order valence-electron chi connectivity index (χ0n) is 66.8. The van der Waals surface area contributed by atoms with Crippen LogP contribution in [-0.4, -0.2) is 26.2 Å². The Balaban J connectivity index is 1.90. The molecule has 3 rings (SSSR count). The van der Waals surface area contributed by atoms with E-state index in [0.717, 1.165) is 63.0 Å². The van der Waals surface area contributed by atoms with Gasteiger partial charge in [0.2, 0.25) is 15.0 Å². The second-order valence-electron chi connectivity index (χ2n) is 30.7. The van der Waals surface area contributed by atoms with E-state index >= 15 is 0 Å². The molecule has 584 valence electrons. The summed E-state index contributed by atoms with van der Waals surface area (Å²) in [5.41, 5.74) is 14.5. The van der Waals surface area contributed by atoms with Crippen LogP contribution in [0.15, 0.2) is 62.1 Å². The highest BCUT2D eigenvalue weighted by molar-refractivity contribution is 7.82. The fraction of sp³-hybridized carbons (Fsp3) is 0.860. The number of nitrogens with zero attached hydrogens (tertiary/aromatic N) is 3. The maximum absolute atomic E-state index is 7.39. The van der Waals surface area contributed by atoms with Gasteiger partial charge in [-0.05, 0) is 61.1 Å². The molecule has 0 fully saturated rings. The predicted octanol–water partition coefficient (Wildman–Crippen LogP) is 30.3. The van der Waals surface area contributed by atoms with Gasteiger partial charge in [0, 0.05) is 39.3 Å². The SMILES string of the molecule is CCCCCCCCCCCCCCCCCCNP1(NCCCCCCCCCCCCCCCCCC)=NP(NCCCCCCCCCCCCCCCCCC)(NCCCCCCCCCCCCCCCCCC)=NP(Oc2ccc(CN)cc2)(Oc2ccc(CN)cc2)=N1. The van der Waals surface area contributed by atoms with Gasteiger partial charge in [0.25, 0.3) is 0 Å². The Labute approximate surface area is 622 Å². The molecule has 100 heavy (non-hydrogen) atoms. The molecule has 0 unspecified atom stereocenters. The van der Waals surface area contributed by atoms with Crippen molar-refractivity contribution in [1.29, 1.82) is 0 Å². The van der Waals surface area contributed by atoms with Crippen LogP contribution in [0, 0.1) is 0 Å². The third-order valence-corrected chi connectivity index (χ3v) is 30.5. The van der Waals surface area contributed by atoms with Crippen molar-refractivity contribution < 1.29 is 9.05 Å². The second-order valence-corrected chi connectivity index (χ2v) is 37.8. The van der Waals surface area contributed by atoms with Crippen molar-refractivity contribution in [3.05, 3.63) is 59.7 Å². The van der Waals surface area contributed by atoms with Crippen LogP contribution in [-0.2, 0) is 13.1 Å². The number of benzene rings is 2. The number of unbranched alkanes of at least 4 members (excludes halogenated alkanes) is 60. The van der Waals surface area contributed by atoms with Crippen LogP contribution >= 0.6 is 22.7 Å². The quantitative estimate of drug-likeness (QED) is 0.0283. The molecule has 2 aromatic carbocycles. The fourth-order valence-corrected chi connectivity index (χ4v) is 25.4. The van der Waals surface area contributed by atoms with Gasteiger partial charge in [-0.2, -0.15) is 4.52 Å². The first-order chi connectivity index (χ1) is 49.4. The number of nitrogens with two attached hydrogens (primary N) is 2. The van der Waals surface area contributed by atoms with E-state index in [2.05, 4.69) is 72.3 Å². The zero-order valence-corrected chi connectivity index (χ0v) is 69.5. The average molecular weight is 1450 g/mol. The minimum atomic E-state index is -3.55. The van der Waals surface area contributed by atoms with Crippen LogP contribution in [0.5, 0.6) is 11.5 Å². The lowest BCUT2D eigenvalue weighted by molar-refractivity contribution is 0.477. The van der Waals surface area contributed by atoms with Crippen molar-refractivity contribution in [3.63, 3.8) is 0 Å². The Kier molecular flexibility index (Phi) is 63.1. The molecule has 14 heteroatoms. The number of hydrogen-bond acceptors (Lipinski definition) is 11. The molecule has 0 saturated carbocycles. The van der Waals surface area contributed by atoms with Crippen LogP contribution in [0.3, 0.4) is 0 Å². The lowest BCUT2D eigenvalue weighted by Gasteiger charge is -2.36. The fourth-order valence-electron chi connectivity index (χ4n) is 14.3. The summed E-state index contributed by atoms with van der Waals surface area (Å²) < 4.78 is 32.7. The van der Waals surface area contributed by atoms with Crippen LogP contribution in [0.1, 0.15) is 450 Å². The molecule has 11 nitrogen and oxygen atoms in total. The largest absolute Gasteiger partial charge is 0.454 e. The summed E-state index contributed by atoms with van der Waals surface area (Å²) in [6.07, 6.45) is 86.5. The molecule has 0 radical (unpaired) electrons. The molecule has 0 saturated heterocycles. The smallest absolute Gasteiger partial charge is 0.414 e. The predicted molar refractivity (Wildman–Crippen MR) is 448 cm³/mol. The topological polar surface area (TPSA) is 156 Å². The van der Waals surface area contributed by atoms with Gasteiger partial charge in [0.15, 0.2) is 0 Å². The van der Waals surface area contributed by atoms with Gasteiger partial charge in [-0.25, -0.2) is 0 Å². The van der Waals surface area contributed by atoms with E-state index < -0.39 is 22.7 Å². The molecule has 0 spiro atoms. The van der Waals surface area contributed by atoms with Gasteiger partial charge in [-0.15, -0.1) is 9.03 Å². The van der Waals surface area contributed by atoms with Gasteiger partial charge in [0.05, 0.1) is 0 Å². The van der Waals surface area contributed by atoms with E-state index in [0.29, 0.717) is 24.6 Å². The van der Waals surface area contributed by atoms with Crippen LogP contribution in [0.25, 0.3) is 0 Å². The minimum Gasteiger partial charge on any atom is -0.414 e. The zero-order chi connectivity index (χ0) is 71.3. The van der Waals surface area contributed by atoms with Crippen molar-refractivity contribution in [2.24, 2.45) is 25.0 Å². The molecule has 1 aliphatic heterocycles. The van der Waals surface area contributed by atoms with E-state index in [-0.39, 0.29) is 0 Å². The lowest BCUT2D eigenvalue weighted by atomic mass is 10.0. The van der Waals surface area contributed by atoms with Gasteiger partial charge in [-0.3, -0.25) is 20.3 Å². The molecule has 2 aromatic rings. The van der Waals surface area contributed by atoms with E-state index in [9.17, 15) is 0 Å². The first kappa shape index (κ1) is 92.7. The van der Waals surface area contributed by atoms with Crippen molar-refractivity contribution in [3.8, 4) is 11.5 Å². The lowest BCUT2D eigenvalue weighted by Crippen LogP contribution is -2.29. The number of hydrogen-bond donors (Lipinski definition) is 6. The van der Waals surface area contributed by atoms with E-state index in [1.807, 2.05) is 24.3 Å². The molecular weight excluding hydrogens is 1280 g/mol. The highest BCUT2D eigenvalue weighted by Gasteiger charge is 2.41. The number of rotatable bonds is 78. The van der Waals surface area contributed by atoms with E-state index in [1.54, 1.807) is 0 Å². The monoisotopic (exact) mass is 1450 g/mol. The Hall–Kier alpha value is -1.51. The molecule has 0 atom stereocenters. The van der Waals surface area contributed by atoms with Crippen molar-refractivity contribution in [1.82, 2.24) is 20.3 Å². The summed E-state index contributed by atoms with van der Waals surface area (Å²) in [5, 5.41) is 16.7. The summed E-state index contributed by atoms with van der Waals surface area (Å²) >= 11 is 0. The van der Waals surface area contributed by atoms with Crippen LogP contribution in [0.4, 0.5) is 0 Å². The normalized spacial score (nSPS) is 13.9. The van der Waals surface area contributed by atoms with Gasteiger partial charge in [0.1, 0.15) is 11.5 Å². The first-order valence-electron chi connectivity index (χ1n) is 44.3. The van der Waals surface area contributed by atoms with E-state index in [4.69, 9.17) is 34.1 Å². The molecule has 0 bridgehead atoms. The third-order valence-electron chi connectivity index (χ3n) is 21.0. The first-order valence-corrected chi connectivity index (χ1v) is 49.2. The molecule has 8 N–H and O–H groups in total. The molecule has 1 heterocycles. The summed E-state index contributed by atoms with van der Waals surface area (Å²) in [7, 11) is -9.48. The van der Waals surface area contributed by atoms with Crippen LogP contribution < -0.4 is 40.9 Å². The molecule has 0 aliphatic carbocycles. The Morgan fingerprint density at radius 1 is 0.230 bits per heavy atom. The Morgan fingerprint density at radius 3 is 0.580 bits per heavy atom. The number of nitrogens with one attached hydrogen (secondary N) is 4. The van der Waals surface area contributed by atoms with Gasteiger partial charge in [-0.1, -0.05) is 437 Å². The standard InChI is InChI=1S/C86H168N9O2P3/c1-5-9-13-17-21-25-29-33-37-41-45-49-53-57-61-65-77-89-98(90-78-66-62-58-54-50-46-42-38-34-30-26-22-18-14-10-6-2)93-99(91-79-67-63-59-55-51-47-43-39-35-31-27-23-19-15-11-7-3,92-80-68-64-60-56-52-48-44-40-36-32-28-24-20-16-12-8-4)95-100(94-98,96-85-73-69-83(81-87)70-74-85)97-86-75-71-84(82-88)72-76-86/h69-76,89-92H,5-68,77-82,87-88H2,1-4H3. The van der Waals surface area contributed by atoms with Crippen LogP contribution in [0.2, 0.25) is 0 Å². The highest BCUT2D eigenvalue weighted by Crippen LogP contribution is 2.74. The summed E-state index contributed by atoms with van der Waals surface area (Å²) in [4.78, 5) is 0.